The van der Waals surface area contributed by atoms with Gasteiger partial charge in [0, 0.05) is 24.4 Å². The van der Waals surface area contributed by atoms with Crippen molar-refractivity contribution in [2.24, 2.45) is 0 Å². The molecule has 5 nitrogen and oxygen atoms in total. The fourth-order valence-corrected chi connectivity index (χ4v) is 4.28. The monoisotopic (exact) mass is 405 g/mol. The first-order valence-electron chi connectivity index (χ1n) is 10.7. The van der Waals surface area contributed by atoms with Crippen molar-refractivity contribution < 1.29 is 9.53 Å². The maximum atomic E-state index is 12.7. The van der Waals surface area contributed by atoms with E-state index >= 15 is 0 Å². The molecule has 0 bridgehead atoms. The number of nitrogens with zero attached hydrogens (tertiary/aromatic N) is 3. The van der Waals surface area contributed by atoms with E-state index in [2.05, 4.69) is 63.5 Å². The van der Waals surface area contributed by atoms with E-state index in [4.69, 9.17) is 9.72 Å². The quantitative estimate of drug-likeness (QED) is 0.610. The summed E-state index contributed by atoms with van der Waals surface area (Å²) >= 11 is 0. The van der Waals surface area contributed by atoms with Crippen molar-refractivity contribution in [3.63, 3.8) is 0 Å². The lowest BCUT2D eigenvalue weighted by Gasteiger charge is -2.32. The van der Waals surface area contributed by atoms with Gasteiger partial charge in [-0.05, 0) is 63.9 Å². The fraction of sp³-hybridized carbons (Fsp3) is 0.440. The molecule has 1 amide bonds. The number of benzene rings is 2. The number of carbonyl (C=O) groups excluding carboxylic acids is 1. The van der Waals surface area contributed by atoms with Crippen molar-refractivity contribution in [1.82, 2.24) is 14.5 Å². The molecule has 4 rings (SSSR count). The molecule has 1 aliphatic rings. The number of hydrogen-bond acceptors (Lipinski definition) is 3. The number of carbonyl (C=O) groups is 1. The molecule has 30 heavy (non-hydrogen) atoms. The zero-order valence-corrected chi connectivity index (χ0v) is 18.6. The average Bonchev–Trinajstić information content (AvgIpc) is 3.25. The summed E-state index contributed by atoms with van der Waals surface area (Å²) in [5, 5.41) is 0. The standard InChI is InChI=1S/C25H31N3O2/c1-17-10-11-18(2)22(14-17)30-13-12-27-21-9-7-6-8-20(21)26-24(27)19-15-23(29)28(16-19)25(3,4)5/h6-11,14,19H,12-13,15-16H2,1-5H3/t19-/m0/s1. The Morgan fingerprint density at radius 1 is 1.13 bits per heavy atom. The molecule has 0 spiro atoms. The van der Waals surface area contributed by atoms with E-state index in [0.717, 1.165) is 28.2 Å². The molecule has 2 heterocycles. The molecule has 5 heteroatoms. The lowest BCUT2D eigenvalue weighted by molar-refractivity contribution is -0.131. The number of likely N-dealkylation sites (tertiary alicyclic amines) is 1. The molecule has 0 unspecified atom stereocenters. The summed E-state index contributed by atoms with van der Waals surface area (Å²) in [7, 11) is 0. The maximum Gasteiger partial charge on any atom is 0.223 e. The van der Waals surface area contributed by atoms with Crippen LogP contribution in [-0.4, -0.2) is 39.0 Å². The molecule has 0 aliphatic carbocycles. The Balaban J connectivity index is 1.60. The minimum atomic E-state index is -0.172. The average molecular weight is 406 g/mol. The van der Waals surface area contributed by atoms with Crippen LogP contribution < -0.4 is 4.74 Å². The third-order valence-corrected chi connectivity index (χ3v) is 5.90. The zero-order valence-electron chi connectivity index (χ0n) is 18.6. The van der Waals surface area contributed by atoms with E-state index in [-0.39, 0.29) is 17.4 Å². The summed E-state index contributed by atoms with van der Waals surface area (Å²) in [5.74, 6) is 2.22. The zero-order chi connectivity index (χ0) is 21.5. The second-order valence-corrected chi connectivity index (χ2v) is 9.30. The first kappa shape index (κ1) is 20.5. The molecule has 1 aliphatic heterocycles. The normalized spacial score (nSPS) is 17.2. The summed E-state index contributed by atoms with van der Waals surface area (Å²) < 4.78 is 8.37. The molecule has 0 N–H and O–H groups in total. The van der Waals surface area contributed by atoms with Crippen LogP contribution in [0.5, 0.6) is 5.75 Å². The van der Waals surface area contributed by atoms with Crippen molar-refractivity contribution in [2.45, 2.75) is 59.0 Å². The van der Waals surface area contributed by atoms with E-state index in [1.165, 1.54) is 5.56 Å². The number of rotatable bonds is 5. The van der Waals surface area contributed by atoms with Gasteiger partial charge in [0.2, 0.25) is 5.91 Å². The van der Waals surface area contributed by atoms with E-state index < -0.39 is 0 Å². The Kier molecular flexibility index (Phi) is 5.31. The van der Waals surface area contributed by atoms with Crippen LogP contribution in [0.1, 0.15) is 50.1 Å². The summed E-state index contributed by atoms with van der Waals surface area (Å²) in [6.07, 6.45) is 0.512. The number of hydrogen-bond donors (Lipinski definition) is 0. The van der Waals surface area contributed by atoms with Crippen molar-refractivity contribution in [2.75, 3.05) is 13.2 Å². The first-order valence-corrected chi connectivity index (χ1v) is 10.7. The van der Waals surface area contributed by atoms with Gasteiger partial charge in [0.05, 0.1) is 17.6 Å². The topological polar surface area (TPSA) is 47.4 Å². The van der Waals surface area contributed by atoms with Crippen LogP contribution in [0.2, 0.25) is 0 Å². The molecule has 1 fully saturated rings. The SMILES string of the molecule is Cc1ccc(C)c(OCCn2c([C@H]3CC(=O)N(C(C)(C)C)C3)nc3ccccc32)c1. The number of aryl methyl sites for hydroxylation is 2. The second kappa shape index (κ2) is 7.78. The van der Waals surface area contributed by atoms with Crippen LogP contribution >= 0.6 is 0 Å². The molecular formula is C25H31N3O2. The number of para-hydroxylation sites is 2. The van der Waals surface area contributed by atoms with Crippen LogP contribution in [0.25, 0.3) is 11.0 Å². The highest BCUT2D eigenvalue weighted by Gasteiger charge is 2.38. The summed E-state index contributed by atoms with van der Waals surface area (Å²) in [4.78, 5) is 19.6. The number of amides is 1. The highest BCUT2D eigenvalue weighted by atomic mass is 16.5. The predicted octanol–water partition coefficient (Wildman–Crippen LogP) is 4.85. The molecular weight excluding hydrogens is 374 g/mol. The Morgan fingerprint density at radius 2 is 1.90 bits per heavy atom. The van der Waals surface area contributed by atoms with Gasteiger partial charge in [-0.1, -0.05) is 24.3 Å². The van der Waals surface area contributed by atoms with Gasteiger partial charge in [-0.3, -0.25) is 4.79 Å². The third-order valence-electron chi connectivity index (χ3n) is 5.90. The van der Waals surface area contributed by atoms with Gasteiger partial charge < -0.3 is 14.2 Å². The second-order valence-electron chi connectivity index (χ2n) is 9.30. The lowest BCUT2D eigenvalue weighted by atomic mass is 10.1. The lowest BCUT2D eigenvalue weighted by Crippen LogP contribution is -2.42. The van der Waals surface area contributed by atoms with Gasteiger partial charge in [0.15, 0.2) is 0 Å². The molecule has 1 aromatic heterocycles. The Hall–Kier alpha value is -2.82. The molecule has 1 atom stereocenters. The maximum absolute atomic E-state index is 12.7. The van der Waals surface area contributed by atoms with Gasteiger partial charge in [0.25, 0.3) is 0 Å². The minimum Gasteiger partial charge on any atom is -0.491 e. The van der Waals surface area contributed by atoms with E-state index in [9.17, 15) is 4.79 Å². The number of imidazole rings is 1. The fourth-order valence-electron chi connectivity index (χ4n) is 4.28. The molecule has 3 aromatic rings. The van der Waals surface area contributed by atoms with Gasteiger partial charge >= 0.3 is 0 Å². The number of aromatic nitrogens is 2. The van der Waals surface area contributed by atoms with Crippen molar-refractivity contribution in [1.29, 1.82) is 0 Å². The van der Waals surface area contributed by atoms with Crippen molar-refractivity contribution in [3.8, 4) is 5.75 Å². The highest BCUT2D eigenvalue weighted by molar-refractivity contribution is 5.81. The van der Waals surface area contributed by atoms with Gasteiger partial charge in [-0.2, -0.15) is 0 Å². The largest absolute Gasteiger partial charge is 0.491 e. The molecule has 2 aromatic carbocycles. The van der Waals surface area contributed by atoms with Crippen LogP contribution in [0.3, 0.4) is 0 Å². The van der Waals surface area contributed by atoms with Crippen molar-refractivity contribution in [3.05, 3.63) is 59.4 Å². The van der Waals surface area contributed by atoms with Gasteiger partial charge in [-0.25, -0.2) is 4.98 Å². The molecule has 0 saturated carbocycles. The van der Waals surface area contributed by atoms with E-state index in [1.807, 2.05) is 23.1 Å². The third kappa shape index (κ3) is 3.93. The molecule has 1 saturated heterocycles. The van der Waals surface area contributed by atoms with Gasteiger partial charge in [0.1, 0.15) is 18.2 Å². The Bertz CT molecular complexity index is 1080. The summed E-state index contributed by atoms with van der Waals surface area (Å²) in [5.41, 5.74) is 4.23. The Morgan fingerprint density at radius 3 is 2.63 bits per heavy atom. The summed E-state index contributed by atoms with van der Waals surface area (Å²) in [6, 6.07) is 14.5. The minimum absolute atomic E-state index is 0.102. The molecule has 0 radical (unpaired) electrons. The smallest absolute Gasteiger partial charge is 0.223 e. The number of ether oxygens (including phenoxy) is 1. The van der Waals surface area contributed by atoms with Crippen LogP contribution in [0.4, 0.5) is 0 Å². The van der Waals surface area contributed by atoms with Crippen LogP contribution in [0.15, 0.2) is 42.5 Å². The Labute approximate surface area is 178 Å². The highest BCUT2D eigenvalue weighted by Crippen LogP contribution is 2.34. The summed E-state index contributed by atoms with van der Waals surface area (Å²) in [6.45, 7) is 12.4. The van der Waals surface area contributed by atoms with E-state index in [0.29, 0.717) is 26.1 Å². The van der Waals surface area contributed by atoms with E-state index in [1.54, 1.807) is 0 Å². The van der Waals surface area contributed by atoms with Gasteiger partial charge in [-0.15, -0.1) is 0 Å². The molecule has 158 valence electrons. The van der Waals surface area contributed by atoms with Crippen LogP contribution in [-0.2, 0) is 11.3 Å². The van der Waals surface area contributed by atoms with Crippen molar-refractivity contribution >= 4 is 16.9 Å². The first-order chi connectivity index (χ1) is 14.2. The number of fused-ring (bicyclic) bond motifs is 1. The predicted molar refractivity (Wildman–Crippen MR) is 120 cm³/mol. The van der Waals surface area contributed by atoms with Crippen LogP contribution in [0, 0.1) is 13.8 Å².